The molecule has 4 aromatic rings. The third kappa shape index (κ3) is 2.45. The Morgan fingerprint density at radius 1 is 1.36 bits per heavy atom. The Hall–Kier alpha value is -2.90. The zero-order chi connectivity index (χ0) is 17.6. The molecule has 128 valence electrons. The van der Waals surface area contributed by atoms with Crippen LogP contribution in [-0.4, -0.2) is 38.3 Å². The quantitative estimate of drug-likeness (QED) is 0.457. The van der Waals surface area contributed by atoms with Gasteiger partial charge in [0.15, 0.2) is 5.82 Å². The standard InChI is InChI=1S/C18H20N6O/c1-20-18-15-16(24(2)9-21-15)12-7-14(22-17(12)23-18)11-5-3-4-10(6-11)13(19)8-25/h3-7,9,13,25H,8,19H2,1-2H3,(H2,20,22,23)/t13-/m0/s1. The van der Waals surface area contributed by atoms with Gasteiger partial charge in [-0.1, -0.05) is 18.2 Å². The molecule has 0 unspecified atom stereocenters. The molecule has 5 N–H and O–H groups in total. The molecule has 0 amide bonds. The molecule has 7 nitrogen and oxygen atoms in total. The van der Waals surface area contributed by atoms with Gasteiger partial charge in [-0.2, -0.15) is 0 Å². The van der Waals surface area contributed by atoms with Gasteiger partial charge in [-0.3, -0.25) is 0 Å². The lowest BCUT2D eigenvalue weighted by atomic mass is 10.0. The number of H-pyrrole nitrogens is 1. The van der Waals surface area contributed by atoms with Crippen molar-refractivity contribution in [2.75, 3.05) is 19.0 Å². The molecule has 4 rings (SSSR count). The maximum atomic E-state index is 9.29. The van der Waals surface area contributed by atoms with E-state index in [-0.39, 0.29) is 12.6 Å². The van der Waals surface area contributed by atoms with E-state index in [4.69, 9.17) is 5.73 Å². The molecule has 1 atom stereocenters. The van der Waals surface area contributed by atoms with Crippen LogP contribution in [-0.2, 0) is 7.05 Å². The molecule has 0 saturated heterocycles. The predicted molar refractivity (Wildman–Crippen MR) is 99.4 cm³/mol. The van der Waals surface area contributed by atoms with Crippen molar-refractivity contribution in [2.45, 2.75) is 6.04 Å². The van der Waals surface area contributed by atoms with Gasteiger partial charge >= 0.3 is 0 Å². The number of anilines is 1. The summed E-state index contributed by atoms with van der Waals surface area (Å²) in [5.41, 5.74) is 11.5. The molecule has 3 aromatic heterocycles. The molecule has 0 aliphatic heterocycles. The number of nitrogens with one attached hydrogen (secondary N) is 2. The molecule has 25 heavy (non-hydrogen) atoms. The van der Waals surface area contributed by atoms with Gasteiger partial charge in [-0.05, 0) is 23.3 Å². The summed E-state index contributed by atoms with van der Waals surface area (Å²) in [6.07, 6.45) is 1.79. The largest absolute Gasteiger partial charge is 0.394 e. The second-order valence-electron chi connectivity index (χ2n) is 6.12. The highest BCUT2D eigenvalue weighted by molar-refractivity contribution is 6.07. The van der Waals surface area contributed by atoms with Crippen molar-refractivity contribution in [3.8, 4) is 11.3 Å². The molecule has 0 aliphatic rings. The summed E-state index contributed by atoms with van der Waals surface area (Å²) in [5.74, 6) is 0.743. The number of rotatable bonds is 4. The molecular weight excluding hydrogens is 316 g/mol. The second kappa shape index (κ2) is 5.87. The number of hydrogen-bond donors (Lipinski definition) is 4. The van der Waals surface area contributed by atoms with Crippen LogP contribution in [0.3, 0.4) is 0 Å². The van der Waals surface area contributed by atoms with Gasteiger partial charge in [0.2, 0.25) is 0 Å². The normalized spacial score (nSPS) is 12.8. The van der Waals surface area contributed by atoms with Crippen LogP contribution in [0.4, 0.5) is 5.82 Å². The number of hydrogen-bond acceptors (Lipinski definition) is 5. The molecule has 0 bridgehead atoms. The molecule has 0 fully saturated rings. The van der Waals surface area contributed by atoms with E-state index in [0.29, 0.717) is 0 Å². The van der Waals surface area contributed by atoms with Gasteiger partial charge in [0.1, 0.15) is 11.2 Å². The smallest absolute Gasteiger partial charge is 0.156 e. The van der Waals surface area contributed by atoms with E-state index >= 15 is 0 Å². The van der Waals surface area contributed by atoms with E-state index in [9.17, 15) is 5.11 Å². The Bertz CT molecular complexity index is 1060. The Morgan fingerprint density at radius 2 is 2.20 bits per heavy atom. The van der Waals surface area contributed by atoms with Gasteiger partial charge in [0, 0.05) is 25.2 Å². The second-order valence-corrected chi connectivity index (χ2v) is 6.12. The number of aliphatic hydroxyl groups is 1. The van der Waals surface area contributed by atoms with Crippen LogP contribution >= 0.6 is 0 Å². The van der Waals surface area contributed by atoms with E-state index in [1.807, 2.05) is 42.9 Å². The van der Waals surface area contributed by atoms with Gasteiger partial charge in [0.05, 0.1) is 24.5 Å². The fraction of sp³-hybridized carbons (Fsp3) is 0.222. The van der Waals surface area contributed by atoms with Crippen molar-refractivity contribution < 1.29 is 5.11 Å². The fourth-order valence-electron chi connectivity index (χ4n) is 3.17. The van der Waals surface area contributed by atoms with Crippen LogP contribution in [0.1, 0.15) is 11.6 Å². The Morgan fingerprint density at radius 3 is 2.96 bits per heavy atom. The van der Waals surface area contributed by atoms with E-state index in [1.54, 1.807) is 6.33 Å². The fourth-order valence-corrected chi connectivity index (χ4v) is 3.17. The van der Waals surface area contributed by atoms with Crippen LogP contribution < -0.4 is 11.1 Å². The number of nitrogens with zero attached hydrogens (tertiary/aromatic N) is 3. The van der Waals surface area contributed by atoms with Gasteiger partial charge in [-0.15, -0.1) is 0 Å². The average Bonchev–Trinajstić information content (AvgIpc) is 3.24. The first-order valence-corrected chi connectivity index (χ1v) is 8.10. The number of nitrogens with two attached hydrogens (primary N) is 1. The van der Waals surface area contributed by atoms with Crippen molar-refractivity contribution in [3.63, 3.8) is 0 Å². The number of aryl methyl sites for hydroxylation is 1. The summed E-state index contributed by atoms with van der Waals surface area (Å²) in [4.78, 5) is 12.5. The Balaban J connectivity index is 1.93. The first-order valence-electron chi connectivity index (χ1n) is 8.10. The zero-order valence-electron chi connectivity index (χ0n) is 14.1. The zero-order valence-corrected chi connectivity index (χ0v) is 14.1. The Labute approximate surface area is 144 Å². The van der Waals surface area contributed by atoms with Crippen molar-refractivity contribution in [1.29, 1.82) is 0 Å². The number of aromatic amines is 1. The molecule has 1 aromatic carbocycles. The average molecular weight is 336 g/mol. The van der Waals surface area contributed by atoms with Gasteiger partial charge in [-0.25, -0.2) is 9.97 Å². The van der Waals surface area contributed by atoms with Gasteiger partial charge < -0.3 is 25.7 Å². The van der Waals surface area contributed by atoms with Crippen molar-refractivity contribution in [2.24, 2.45) is 12.8 Å². The SMILES string of the molecule is CNc1nc2[nH]c(-c3cccc([C@@H](N)CO)c3)cc2c2c1ncn2C. The molecule has 7 heteroatoms. The predicted octanol–water partition coefficient (Wildman–Crippen LogP) is 2.15. The number of aliphatic hydroxyl groups excluding tert-OH is 1. The summed E-state index contributed by atoms with van der Waals surface area (Å²) < 4.78 is 2.00. The van der Waals surface area contributed by atoms with Crippen LogP contribution in [0.15, 0.2) is 36.7 Å². The number of benzene rings is 1. The highest BCUT2D eigenvalue weighted by Crippen LogP contribution is 2.32. The molecule has 0 spiro atoms. The van der Waals surface area contributed by atoms with Crippen molar-refractivity contribution in [3.05, 3.63) is 42.2 Å². The number of fused-ring (bicyclic) bond motifs is 3. The first kappa shape index (κ1) is 15.6. The molecular formula is C18H20N6O. The van der Waals surface area contributed by atoms with E-state index in [2.05, 4.69) is 26.3 Å². The summed E-state index contributed by atoms with van der Waals surface area (Å²) in [7, 11) is 3.81. The summed E-state index contributed by atoms with van der Waals surface area (Å²) in [5, 5.41) is 13.4. The number of pyridine rings is 1. The number of imidazole rings is 1. The van der Waals surface area contributed by atoms with Crippen LogP contribution in [0, 0.1) is 0 Å². The van der Waals surface area contributed by atoms with E-state index in [0.717, 1.165) is 44.7 Å². The summed E-state index contributed by atoms with van der Waals surface area (Å²) >= 11 is 0. The molecule has 0 radical (unpaired) electrons. The lowest BCUT2D eigenvalue weighted by Gasteiger charge is -2.09. The Kier molecular flexibility index (Phi) is 3.67. The monoisotopic (exact) mass is 336 g/mol. The topological polar surface area (TPSA) is 105 Å². The molecule has 0 saturated carbocycles. The third-order valence-corrected chi connectivity index (χ3v) is 4.50. The van der Waals surface area contributed by atoms with E-state index in [1.165, 1.54) is 0 Å². The van der Waals surface area contributed by atoms with Crippen LogP contribution in [0.2, 0.25) is 0 Å². The maximum absolute atomic E-state index is 9.29. The van der Waals surface area contributed by atoms with Crippen molar-refractivity contribution in [1.82, 2.24) is 19.5 Å². The van der Waals surface area contributed by atoms with Crippen LogP contribution in [0.5, 0.6) is 0 Å². The first-order chi connectivity index (χ1) is 12.1. The van der Waals surface area contributed by atoms with Gasteiger partial charge in [0.25, 0.3) is 0 Å². The van der Waals surface area contributed by atoms with E-state index < -0.39 is 0 Å². The molecule has 0 aliphatic carbocycles. The highest BCUT2D eigenvalue weighted by Gasteiger charge is 2.15. The highest BCUT2D eigenvalue weighted by atomic mass is 16.3. The minimum Gasteiger partial charge on any atom is -0.394 e. The maximum Gasteiger partial charge on any atom is 0.156 e. The third-order valence-electron chi connectivity index (χ3n) is 4.50. The lowest BCUT2D eigenvalue weighted by Crippen LogP contribution is -2.14. The van der Waals surface area contributed by atoms with Crippen molar-refractivity contribution >= 4 is 27.9 Å². The number of aromatic nitrogens is 4. The summed E-state index contributed by atoms with van der Waals surface area (Å²) in [6, 6.07) is 9.56. The molecule has 3 heterocycles. The minimum absolute atomic E-state index is 0.0844. The lowest BCUT2D eigenvalue weighted by molar-refractivity contribution is 0.268. The minimum atomic E-state index is -0.387. The van der Waals surface area contributed by atoms with Crippen LogP contribution in [0.25, 0.3) is 33.3 Å². The summed E-state index contributed by atoms with van der Waals surface area (Å²) in [6.45, 7) is -0.0844.